The van der Waals surface area contributed by atoms with Crippen LogP contribution in [0.25, 0.3) is 0 Å². The van der Waals surface area contributed by atoms with E-state index in [1.165, 1.54) is 20.8 Å². The van der Waals surface area contributed by atoms with Crippen LogP contribution in [0.4, 0.5) is 0 Å². The van der Waals surface area contributed by atoms with Gasteiger partial charge in [0.25, 0.3) is 0 Å². The highest BCUT2D eigenvalue weighted by Crippen LogP contribution is 2.16. The molecule has 0 aromatic carbocycles. The first-order valence-corrected chi connectivity index (χ1v) is 7.73. The van der Waals surface area contributed by atoms with Crippen LogP contribution in [0, 0.1) is 0 Å². The summed E-state index contributed by atoms with van der Waals surface area (Å²) in [6, 6.07) is 0. The van der Waals surface area contributed by atoms with Crippen LogP contribution in [0.1, 0.15) is 20.8 Å². The summed E-state index contributed by atoms with van der Waals surface area (Å²) in [4.78, 5) is 0. The molecule has 13 heavy (non-hydrogen) atoms. The maximum atomic E-state index is 11.4. The Hall–Kier alpha value is 0.190. The van der Waals surface area contributed by atoms with Crippen LogP contribution in [0.2, 0.25) is 0 Å². The number of hydrogen-bond donors (Lipinski definition) is 0. The molecule has 0 aromatic heterocycles. The van der Waals surface area contributed by atoms with E-state index in [2.05, 4.69) is 0 Å². The fraction of sp³-hybridized carbons (Fsp3) is 1.00. The standard InChI is InChI=1S/C6H13ClO4S2/c1-6(2,3)12(8,9)4-5-13(7,10)11/h4-5H2,1-3H3. The van der Waals surface area contributed by atoms with Crippen molar-refractivity contribution in [3.63, 3.8) is 0 Å². The van der Waals surface area contributed by atoms with Crippen molar-refractivity contribution in [3.8, 4) is 0 Å². The third-order valence-corrected chi connectivity index (χ3v) is 5.55. The van der Waals surface area contributed by atoms with Crippen molar-refractivity contribution in [1.82, 2.24) is 0 Å². The number of halogens is 1. The second kappa shape index (κ2) is 3.74. The SMILES string of the molecule is CC(C)(C)S(=O)(=O)CCS(=O)(=O)Cl. The topological polar surface area (TPSA) is 68.3 Å². The monoisotopic (exact) mass is 248 g/mol. The Morgan fingerprint density at radius 2 is 1.38 bits per heavy atom. The smallest absolute Gasteiger partial charge is 0.228 e. The van der Waals surface area contributed by atoms with Gasteiger partial charge in [-0.3, -0.25) is 0 Å². The summed E-state index contributed by atoms with van der Waals surface area (Å²) in [5.41, 5.74) is 0. The van der Waals surface area contributed by atoms with Gasteiger partial charge in [-0.2, -0.15) is 0 Å². The second-order valence-corrected chi connectivity index (χ2v) is 9.43. The molecule has 0 aliphatic carbocycles. The van der Waals surface area contributed by atoms with E-state index >= 15 is 0 Å². The first-order chi connectivity index (χ1) is 5.46. The predicted octanol–water partition coefficient (Wildman–Crippen LogP) is 0.768. The summed E-state index contributed by atoms with van der Waals surface area (Å²) in [6.45, 7) is 4.55. The minimum Gasteiger partial charge on any atom is -0.228 e. The molecule has 7 heteroatoms. The summed E-state index contributed by atoms with van der Waals surface area (Å²) in [7, 11) is -2.22. The molecule has 0 aliphatic rings. The Bertz CT molecular complexity index is 360. The first-order valence-electron chi connectivity index (χ1n) is 3.60. The van der Waals surface area contributed by atoms with Gasteiger partial charge in [0, 0.05) is 10.7 Å². The highest BCUT2D eigenvalue weighted by Gasteiger charge is 2.29. The lowest BCUT2D eigenvalue weighted by Gasteiger charge is -2.18. The van der Waals surface area contributed by atoms with Crippen molar-refractivity contribution in [1.29, 1.82) is 0 Å². The molecule has 80 valence electrons. The fourth-order valence-electron chi connectivity index (χ4n) is 0.515. The van der Waals surface area contributed by atoms with E-state index < -0.39 is 35.1 Å². The van der Waals surface area contributed by atoms with Gasteiger partial charge in [-0.15, -0.1) is 0 Å². The van der Waals surface area contributed by atoms with Crippen molar-refractivity contribution in [2.75, 3.05) is 11.5 Å². The molecule has 0 unspecified atom stereocenters. The van der Waals surface area contributed by atoms with Crippen LogP contribution in [0.3, 0.4) is 0 Å². The van der Waals surface area contributed by atoms with Gasteiger partial charge in [0.2, 0.25) is 9.05 Å². The van der Waals surface area contributed by atoms with Crippen LogP contribution in [0.15, 0.2) is 0 Å². The summed E-state index contributed by atoms with van der Waals surface area (Å²) in [5, 5.41) is 0. The van der Waals surface area contributed by atoms with Crippen molar-refractivity contribution < 1.29 is 16.8 Å². The lowest BCUT2D eigenvalue weighted by molar-refractivity contribution is 0.560. The van der Waals surface area contributed by atoms with Crippen LogP contribution in [-0.2, 0) is 18.9 Å². The molecular formula is C6H13ClO4S2. The molecule has 0 fully saturated rings. The van der Waals surface area contributed by atoms with E-state index in [9.17, 15) is 16.8 Å². The van der Waals surface area contributed by atoms with Gasteiger partial charge in [-0.25, -0.2) is 16.8 Å². The van der Waals surface area contributed by atoms with E-state index in [-0.39, 0.29) is 0 Å². The molecule has 4 nitrogen and oxygen atoms in total. The molecule has 0 bridgehead atoms. The van der Waals surface area contributed by atoms with Crippen molar-refractivity contribution in [2.45, 2.75) is 25.5 Å². The van der Waals surface area contributed by atoms with E-state index in [4.69, 9.17) is 10.7 Å². The van der Waals surface area contributed by atoms with E-state index in [1.807, 2.05) is 0 Å². The highest BCUT2D eigenvalue weighted by atomic mass is 35.7. The Labute approximate surface area is 83.6 Å². The van der Waals surface area contributed by atoms with Crippen LogP contribution >= 0.6 is 10.7 Å². The quantitative estimate of drug-likeness (QED) is 0.692. The second-order valence-electron chi connectivity index (χ2n) is 3.67. The Balaban J connectivity index is 4.59. The summed E-state index contributed by atoms with van der Waals surface area (Å²) >= 11 is 0. The van der Waals surface area contributed by atoms with Crippen LogP contribution in [0.5, 0.6) is 0 Å². The first kappa shape index (κ1) is 13.2. The van der Waals surface area contributed by atoms with Crippen LogP contribution < -0.4 is 0 Å². The molecule has 0 radical (unpaired) electrons. The van der Waals surface area contributed by atoms with Gasteiger partial charge in [-0.1, -0.05) is 0 Å². The molecule has 0 aliphatic heterocycles. The maximum Gasteiger partial charge on any atom is 0.233 e. The minimum atomic E-state index is -3.72. The minimum absolute atomic E-state index is 0.428. The van der Waals surface area contributed by atoms with Crippen molar-refractivity contribution in [2.24, 2.45) is 0 Å². The third kappa shape index (κ3) is 4.83. The Morgan fingerprint density at radius 1 is 1.00 bits per heavy atom. The van der Waals surface area contributed by atoms with Crippen molar-refractivity contribution >= 4 is 29.6 Å². The molecule has 0 spiro atoms. The molecule has 0 aromatic rings. The summed E-state index contributed by atoms with van der Waals surface area (Å²) in [5.74, 6) is -0.962. The zero-order valence-corrected chi connectivity index (χ0v) is 10.1. The molecule has 0 rings (SSSR count). The van der Waals surface area contributed by atoms with E-state index in [0.717, 1.165) is 0 Å². The molecule has 0 saturated heterocycles. The maximum absolute atomic E-state index is 11.4. The number of hydrogen-bond acceptors (Lipinski definition) is 4. The fourth-order valence-corrected chi connectivity index (χ4v) is 3.37. The average Bonchev–Trinajstić information content (AvgIpc) is 1.79. The molecule has 0 saturated carbocycles. The largest absolute Gasteiger partial charge is 0.233 e. The molecular weight excluding hydrogens is 236 g/mol. The average molecular weight is 249 g/mol. The normalized spacial score (nSPS) is 14.5. The van der Waals surface area contributed by atoms with Gasteiger partial charge < -0.3 is 0 Å². The summed E-state index contributed by atoms with van der Waals surface area (Å²) < 4.78 is 42.8. The number of rotatable bonds is 3. The molecule has 0 atom stereocenters. The third-order valence-electron chi connectivity index (χ3n) is 1.53. The molecule has 0 heterocycles. The lowest BCUT2D eigenvalue weighted by atomic mass is 10.3. The zero-order chi connectivity index (χ0) is 10.9. The Kier molecular flexibility index (Phi) is 3.80. The van der Waals surface area contributed by atoms with Gasteiger partial charge in [0.1, 0.15) is 0 Å². The number of sulfone groups is 1. The van der Waals surface area contributed by atoms with E-state index in [0.29, 0.717) is 0 Å². The summed E-state index contributed by atoms with van der Waals surface area (Å²) in [6.07, 6.45) is 0. The highest BCUT2D eigenvalue weighted by molar-refractivity contribution is 8.14. The van der Waals surface area contributed by atoms with Gasteiger partial charge in [-0.05, 0) is 20.8 Å². The molecule has 0 N–H and O–H groups in total. The Morgan fingerprint density at radius 3 is 1.62 bits per heavy atom. The van der Waals surface area contributed by atoms with Gasteiger partial charge in [0.15, 0.2) is 9.84 Å². The molecule has 0 amide bonds. The van der Waals surface area contributed by atoms with Gasteiger partial charge in [0.05, 0.1) is 16.3 Å². The van der Waals surface area contributed by atoms with Crippen LogP contribution in [-0.4, -0.2) is 33.1 Å². The predicted molar refractivity (Wildman–Crippen MR) is 53.2 cm³/mol. The van der Waals surface area contributed by atoms with Gasteiger partial charge >= 0.3 is 0 Å². The zero-order valence-electron chi connectivity index (χ0n) is 7.74. The lowest BCUT2D eigenvalue weighted by Crippen LogP contribution is -2.32. The van der Waals surface area contributed by atoms with Crippen molar-refractivity contribution in [3.05, 3.63) is 0 Å². The van der Waals surface area contributed by atoms with E-state index in [1.54, 1.807) is 0 Å².